The molecule has 7 nitrogen and oxygen atoms in total. The van der Waals surface area contributed by atoms with E-state index in [0.717, 1.165) is 4.31 Å². The molecular formula is C13H25N3O4S. The van der Waals surface area contributed by atoms with Gasteiger partial charge in [0.2, 0.25) is 5.09 Å². The molecule has 0 spiro atoms. The molecule has 8 heteroatoms. The van der Waals surface area contributed by atoms with Crippen LogP contribution in [0.2, 0.25) is 0 Å². The Hall–Kier alpha value is -0.930. The third-order valence-electron chi connectivity index (χ3n) is 2.83. The summed E-state index contributed by atoms with van der Waals surface area (Å²) in [4.78, 5) is 1.90. The summed E-state index contributed by atoms with van der Waals surface area (Å²) in [6, 6.07) is 3.05. The van der Waals surface area contributed by atoms with Crippen LogP contribution in [0.5, 0.6) is 0 Å². The second-order valence-corrected chi connectivity index (χ2v) is 7.93. The molecule has 1 aromatic rings. The minimum Gasteiger partial charge on any atom is -0.447 e. The Morgan fingerprint density at radius 2 is 1.90 bits per heavy atom. The van der Waals surface area contributed by atoms with E-state index in [0.29, 0.717) is 25.4 Å². The Bertz CT molecular complexity index is 550. The fourth-order valence-corrected chi connectivity index (χ4v) is 2.78. The van der Waals surface area contributed by atoms with Crippen molar-refractivity contribution in [3.63, 3.8) is 0 Å². The van der Waals surface area contributed by atoms with Gasteiger partial charge < -0.3 is 19.7 Å². The summed E-state index contributed by atoms with van der Waals surface area (Å²) in [6.07, 6.45) is 0. The summed E-state index contributed by atoms with van der Waals surface area (Å²) in [6.45, 7) is 3.00. The van der Waals surface area contributed by atoms with Gasteiger partial charge in [0.15, 0.2) is 0 Å². The van der Waals surface area contributed by atoms with Crippen LogP contribution in [0.4, 0.5) is 0 Å². The first-order valence-corrected chi connectivity index (χ1v) is 8.08. The zero-order valence-electron chi connectivity index (χ0n) is 13.3. The topological polar surface area (TPSA) is 86.0 Å². The summed E-state index contributed by atoms with van der Waals surface area (Å²) < 4.78 is 30.2. The van der Waals surface area contributed by atoms with Crippen LogP contribution >= 0.6 is 0 Å². The zero-order valence-corrected chi connectivity index (χ0v) is 14.1. The van der Waals surface area contributed by atoms with Gasteiger partial charge in [-0.3, -0.25) is 0 Å². The maximum absolute atomic E-state index is 11.9. The van der Waals surface area contributed by atoms with E-state index in [-0.39, 0.29) is 5.09 Å². The molecule has 1 unspecified atom stereocenters. The van der Waals surface area contributed by atoms with Gasteiger partial charge in [0, 0.05) is 27.2 Å². The fourth-order valence-electron chi connectivity index (χ4n) is 1.96. The lowest BCUT2D eigenvalue weighted by molar-refractivity contribution is 0.0332. The third-order valence-corrected chi connectivity index (χ3v) is 4.52. The second kappa shape index (κ2) is 6.89. The SMILES string of the molecule is CN(C)CC(C)(O)CNCc1ccc(S(=O)(=O)N(C)C)o1. The number of likely N-dealkylation sites (N-methyl/N-ethyl adjacent to an activating group) is 1. The largest absolute Gasteiger partial charge is 0.447 e. The predicted molar refractivity (Wildman–Crippen MR) is 80.5 cm³/mol. The fraction of sp³-hybridized carbons (Fsp3) is 0.692. The second-order valence-electron chi connectivity index (χ2n) is 5.85. The van der Waals surface area contributed by atoms with Gasteiger partial charge in [-0.05, 0) is 33.2 Å². The van der Waals surface area contributed by atoms with Crippen LogP contribution in [0.3, 0.4) is 0 Å². The van der Waals surface area contributed by atoms with Crippen LogP contribution in [-0.2, 0) is 16.6 Å². The van der Waals surface area contributed by atoms with Crippen molar-refractivity contribution >= 4 is 10.0 Å². The summed E-state index contributed by atoms with van der Waals surface area (Å²) in [5, 5.41) is 13.1. The first-order chi connectivity index (χ1) is 9.54. The predicted octanol–water partition coefficient (Wildman–Crippen LogP) is -0.0679. The molecule has 1 heterocycles. The van der Waals surface area contributed by atoms with Crippen molar-refractivity contribution in [2.24, 2.45) is 0 Å². The summed E-state index contributed by atoms with van der Waals surface area (Å²) in [5.41, 5.74) is -0.866. The van der Waals surface area contributed by atoms with Gasteiger partial charge in [-0.25, -0.2) is 12.7 Å². The highest BCUT2D eigenvalue weighted by atomic mass is 32.2. The van der Waals surface area contributed by atoms with Crippen molar-refractivity contribution in [1.29, 1.82) is 0 Å². The van der Waals surface area contributed by atoms with Crippen molar-refractivity contribution in [3.8, 4) is 0 Å². The molecule has 0 aromatic carbocycles. The quantitative estimate of drug-likeness (QED) is 0.698. The number of nitrogens with zero attached hydrogens (tertiary/aromatic N) is 2. The van der Waals surface area contributed by atoms with Crippen molar-refractivity contribution in [2.45, 2.75) is 24.2 Å². The molecule has 0 aliphatic heterocycles. The number of sulfonamides is 1. The average molecular weight is 319 g/mol. The molecule has 122 valence electrons. The van der Waals surface area contributed by atoms with E-state index in [1.807, 2.05) is 19.0 Å². The van der Waals surface area contributed by atoms with E-state index in [1.54, 1.807) is 13.0 Å². The van der Waals surface area contributed by atoms with Crippen molar-refractivity contribution in [3.05, 3.63) is 17.9 Å². The third kappa shape index (κ3) is 5.40. The van der Waals surface area contributed by atoms with E-state index < -0.39 is 15.6 Å². The number of nitrogens with one attached hydrogen (secondary N) is 1. The van der Waals surface area contributed by atoms with Crippen LogP contribution in [0.15, 0.2) is 21.6 Å². The highest BCUT2D eigenvalue weighted by Gasteiger charge is 2.23. The number of hydrogen-bond donors (Lipinski definition) is 2. The lowest BCUT2D eigenvalue weighted by Crippen LogP contribution is -2.45. The van der Waals surface area contributed by atoms with Gasteiger partial charge >= 0.3 is 0 Å². The van der Waals surface area contributed by atoms with Gasteiger partial charge in [0.1, 0.15) is 5.76 Å². The van der Waals surface area contributed by atoms with Gasteiger partial charge in [-0.2, -0.15) is 0 Å². The summed E-state index contributed by atoms with van der Waals surface area (Å²) in [7, 11) is 3.14. The highest BCUT2D eigenvalue weighted by molar-refractivity contribution is 7.88. The molecule has 2 N–H and O–H groups in total. The van der Waals surface area contributed by atoms with Crippen molar-refractivity contribution in [1.82, 2.24) is 14.5 Å². The molecule has 0 aliphatic rings. The van der Waals surface area contributed by atoms with Crippen molar-refractivity contribution < 1.29 is 17.9 Å². The highest BCUT2D eigenvalue weighted by Crippen LogP contribution is 2.16. The number of furan rings is 1. The van der Waals surface area contributed by atoms with E-state index in [2.05, 4.69) is 5.32 Å². The Kier molecular flexibility index (Phi) is 5.94. The van der Waals surface area contributed by atoms with Crippen LogP contribution in [0.25, 0.3) is 0 Å². The lowest BCUT2D eigenvalue weighted by atomic mass is 10.1. The summed E-state index contributed by atoms with van der Waals surface area (Å²) >= 11 is 0. The minimum atomic E-state index is -3.54. The number of aliphatic hydroxyl groups is 1. The van der Waals surface area contributed by atoms with Gasteiger partial charge in [-0.1, -0.05) is 0 Å². The molecular weight excluding hydrogens is 294 g/mol. The Labute approximate surface area is 126 Å². The summed E-state index contributed by atoms with van der Waals surface area (Å²) in [5.74, 6) is 0.510. The van der Waals surface area contributed by atoms with Crippen LogP contribution < -0.4 is 5.32 Å². The molecule has 1 atom stereocenters. The van der Waals surface area contributed by atoms with E-state index >= 15 is 0 Å². The van der Waals surface area contributed by atoms with Crippen molar-refractivity contribution in [2.75, 3.05) is 41.3 Å². The van der Waals surface area contributed by atoms with E-state index in [4.69, 9.17) is 4.42 Å². The molecule has 0 aliphatic carbocycles. The van der Waals surface area contributed by atoms with Gasteiger partial charge in [0.05, 0.1) is 12.1 Å². The van der Waals surface area contributed by atoms with E-state index in [9.17, 15) is 13.5 Å². The molecule has 0 fully saturated rings. The molecule has 21 heavy (non-hydrogen) atoms. The Morgan fingerprint density at radius 3 is 2.43 bits per heavy atom. The maximum Gasteiger partial charge on any atom is 0.275 e. The van der Waals surface area contributed by atoms with Crippen LogP contribution in [0, 0.1) is 0 Å². The molecule has 0 saturated carbocycles. The lowest BCUT2D eigenvalue weighted by Gasteiger charge is -2.27. The number of rotatable bonds is 8. The Balaban J connectivity index is 2.57. The smallest absolute Gasteiger partial charge is 0.275 e. The molecule has 0 saturated heterocycles. The number of hydrogen-bond acceptors (Lipinski definition) is 6. The molecule has 0 radical (unpaired) electrons. The molecule has 1 aromatic heterocycles. The normalized spacial score (nSPS) is 15.6. The Morgan fingerprint density at radius 1 is 1.29 bits per heavy atom. The van der Waals surface area contributed by atoms with Crippen LogP contribution in [-0.4, -0.2) is 69.6 Å². The van der Waals surface area contributed by atoms with Crippen LogP contribution in [0.1, 0.15) is 12.7 Å². The molecule has 1 rings (SSSR count). The molecule has 0 bridgehead atoms. The molecule has 0 amide bonds. The van der Waals surface area contributed by atoms with Gasteiger partial charge in [0.25, 0.3) is 10.0 Å². The van der Waals surface area contributed by atoms with E-state index in [1.165, 1.54) is 20.2 Å². The van der Waals surface area contributed by atoms with Gasteiger partial charge in [-0.15, -0.1) is 0 Å². The first-order valence-electron chi connectivity index (χ1n) is 6.64. The minimum absolute atomic E-state index is 0.0793. The maximum atomic E-state index is 11.9. The monoisotopic (exact) mass is 319 g/mol. The zero-order chi connectivity index (χ0) is 16.3. The standard InChI is InChI=1S/C13H25N3O4S/c1-13(17,10-15(2)3)9-14-8-11-6-7-12(20-11)21(18,19)16(4)5/h6-7,14,17H,8-10H2,1-5H3. The average Bonchev–Trinajstić information content (AvgIpc) is 2.75. The first kappa shape index (κ1) is 18.1.